The number of nitrogens with zero attached hydrogens (tertiary/aromatic N) is 2. The first-order chi connectivity index (χ1) is 9.50. The van der Waals surface area contributed by atoms with Crippen LogP contribution in [0.2, 0.25) is 0 Å². The minimum absolute atomic E-state index is 0.111. The van der Waals surface area contributed by atoms with Crippen molar-refractivity contribution in [3.63, 3.8) is 0 Å². The van der Waals surface area contributed by atoms with Gasteiger partial charge in [0.2, 0.25) is 10.0 Å². The maximum absolute atomic E-state index is 12.6. The Labute approximate surface area is 117 Å². The van der Waals surface area contributed by atoms with Crippen LogP contribution in [0.15, 0.2) is 32.2 Å². The van der Waals surface area contributed by atoms with Gasteiger partial charge in [-0.1, -0.05) is 5.16 Å². The van der Waals surface area contributed by atoms with Crippen LogP contribution in [0.3, 0.4) is 0 Å². The molecule has 1 atom stereocenters. The van der Waals surface area contributed by atoms with Crippen LogP contribution < -0.4 is 0 Å². The van der Waals surface area contributed by atoms with Crippen molar-refractivity contribution in [2.24, 2.45) is 0 Å². The molecular weight excluding hydrogens is 280 g/mol. The van der Waals surface area contributed by atoms with E-state index >= 15 is 0 Å². The van der Waals surface area contributed by atoms with E-state index in [4.69, 9.17) is 8.94 Å². The molecule has 7 heteroatoms. The highest BCUT2D eigenvalue weighted by Gasteiger charge is 2.37. The quantitative estimate of drug-likeness (QED) is 0.866. The maximum Gasteiger partial charge on any atom is 0.248 e. The molecule has 2 aromatic rings. The predicted octanol–water partition coefficient (Wildman–Crippen LogP) is 2.06. The first-order valence-electron chi connectivity index (χ1n) is 6.46. The molecule has 0 spiro atoms. The SMILES string of the molecule is Cc1noc(C)c1S(=O)(=O)N1CCC(c2ccco2)C1. The van der Waals surface area contributed by atoms with E-state index in [1.54, 1.807) is 20.1 Å². The molecule has 1 fully saturated rings. The van der Waals surface area contributed by atoms with Crippen LogP contribution in [0.5, 0.6) is 0 Å². The Balaban J connectivity index is 1.87. The van der Waals surface area contributed by atoms with Crippen LogP contribution in [0, 0.1) is 13.8 Å². The second kappa shape index (κ2) is 4.75. The fraction of sp³-hybridized carbons (Fsp3) is 0.462. The van der Waals surface area contributed by atoms with Gasteiger partial charge in [-0.25, -0.2) is 8.42 Å². The first-order valence-corrected chi connectivity index (χ1v) is 7.90. The highest BCUT2D eigenvalue weighted by molar-refractivity contribution is 7.89. The molecule has 0 saturated carbocycles. The molecule has 1 aliphatic heterocycles. The number of hydrogen-bond acceptors (Lipinski definition) is 5. The molecule has 3 rings (SSSR count). The summed E-state index contributed by atoms with van der Waals surface area (Å²) >= 11 is 0. The van der Waals surface area contributed by atoms with Gasteiger partial charge in [0.15, 0.2) is 5.76 Å². The summed E-state index contributed by atoms with van der Waals surface area (Å²) in [5.74, 6) is 1.28. The summed E-state index contributed by atoms with van der Waals surface area (Å²) in [6.45, 7) is 4.17. The van der Waals surface area contributed by atoms with Gasteiger partial charge < -0.3 is 8.94 Å². The number of sulfonamides is 1. The molecule has 0 radical (unpaired) electrons. The highest BCUT2D eigenvalue weighted by atomic mass is 32.2. The van der Waals surface area contributed by atoms with Crippen molar-refractivity contribution >= 4 is 10.0 Å². The smallest absolute Gasteiger partial charge is 0.248 e. The molecule has 0 N–H and O–H groups in total. The zero-order valence-electron chi connectivity index (χ0n) is 11.4. The van der Waals surface area contributed by atoms with Crippen molar-refractivity contribution in [2.45, 2.75) is 31.1 Å². The number of hydrogen-bond donors (Lipinski definition) is 0. The van der Waals surface area contributed by atoms with Crippen molar-refractivity contribution in [1.82, 2.24) is 9.46 Å². The topological polar surface area (TPSA) is 76.6 Å². The summed E-state index contributed by atoms with van der Waals surface area (Å²) in [5.41, 5.74) is 0.406. The summed E-state index contributed by atoms with van der Waals surface area (Å²) in [6, 6.07) is 3.71. The normalized spacial score (nSPS) is 20.6. The van der Waals surface area contributed by atoms with Gasteiger partial charge in [0, 0.05) is 19.0 Å². The Morgan fingerprint density at radius 3 is 2.80 bits per heavy atom. The van der Waals surface area contributed by atoms with E-state index in [2.05, 4.69) is 5.16 Å². The molecule has 108 valence electrons. The molecule has 3 heterocycles. The summed E-state index contributed by atoms with van der Waals surface area (Å²) < 4.78 is 37.1. The third kappa shape index (κ3) is 2.06. The lowest BCUT2D eigenvalue weighted by Gasteiger charge is -2.15. The predicted molar refractivity (Wildman–Crippen MR) is 70.8 cm³/mol. The van der Waals surface area contributed by atoms with Crippen molar-refractivity contribution in [1.29, 1.82) is 0 Å². The zero-order valence-corrected chi connectivity index (χ0v) is 12.2. The molecule has 20 heavy (non-hydrogen) atoms. The molecule has 1 unspecified atom stereocenters. The number of aromatic nitrogens is 1. The van der Waals surface area contributed by atoms with E-state index in [9.17, 15) is 8.42 Å². The average Bonchev–Trinajstić information content (AvgIpc) is 3.08. The van der Waals surface area contributed by atoms with Crippen LogP contribution in [0.25, 0.3) is 0 Å². The van der Waals surface area contributed by atoms with Gasteiger partial charge in [-0.3, -0.25) is 0 Å². The summed E-state index contributed by atoms with van der Waals surface area (Å²) in [6.07, 6.45) is 2.37. The van der Waals surface area contributed by atoms with Gasteiger partial charge in [-0.15, -0.1) is 0 Å². The lowest BCUT2D eigenvalue weighted by molar-refractivity contribution is 0.389. The lowest BCUT2D eigenvalue weighted by atomic mass is 10.1. The van der Waals surface area contributed by atoms with E-state index in [0.717, 1.165) is 12.2 Å². The van der Waals surface area contributed by atoms with Gasteiger partial charge in [-0.2, -0.15) is 4.31 Å². The summed E-state index contributed by atoms with van der Waals surface area (Å²) in [5, 5.41) is 3.72. The molecule has 0 bridgehead atoms. The second-order valence-corrected chi connectivity index (χ2v) is 6.89. The maximum atomic E-state index is 12.6. The minimum Gasteiger partial charge on any atom is -0.469 e. The van der Waals surface area contributed by atoms with E-state index in [0.29, 0.717) is 24.5 Å². The van der Waals surface area contributed by atoms with Crippen LogP contribution in [-0.4, -0.2) is 31.0 Å². The van der Waals surface area contributed by atoms with E-state index in [1.165, 1.54) is 4.31 Å². The van der Waals surface area contributed by atoms with Gasteiger partial charge in [0.05, 0.1) is 6.26 Å². The van der Waals surface area contributed by atoms with E-state index in [1.807, 2.05) is 12.1 Å². The Bertz CT molecular complexity index is 683. The third-order valence-electron chi connectivity index (χ3n) is 3.66. The number of rotatable bonds is 3. The second-order valence-electron chi connectivity index (χ2n) is 5.02. The molecule has 0 aliphatic carbocycles. The Morgan fingerprint density at radius 1 is 1.40 bits per heavy atom. The molecule has 6 nitrogen and oxygen atoms in total. The van der Waals surface area contributed by atoms with Gasteiger partial charge >= 0.3 is 0 Å². The van der Waals surface area contributed by atoms with Crippen molar-refractivity contribution in [3.8, 4) is 0 Å². The molecule has 1 saturated heterocycles. The Kier molecular flexibility index (Phi) is 3.18. The molecular formula is C13H16N2O4S. The standard InChI is InChI=1S/C13H16N2O4S/c1-9-13(10(2)19-14-9)20(16,17)15-6-5-11(8-15)12-4-3-7-18-12/h3-4,7,11H,5-6,8H2,1-2H3. The van der Waals surface area contributed by atoms with E-state index in [-0.39, 0.29) is 10.8 Å². The van der Waals surface area contributed by atoms with E-state index < -0.39 is 10.0 Å². The van der Waals surface area contributed by atoms with Crippen molar-refractivity contribution in [2.75, 3.05) is 13.1 Å². The summed E-state index contributed by atoms with van der Waals surface area (Å²) in [7, 11) is -3.55. The summed E-state index contributed by atoms with van der Waals surface area (Å²) in [4.78, 5) is 0.192. The van der Waals surface area contributed by atoms with Gasteiger partial charge in [0.25, 0.3) is 0 Å². The average molecular weight is 296 g/mol. The Hall–Kier alpha value is -1.60. The minimum atomic E-state index is -3.55. The van der Waals surface area contributed by atoms with Crippen LogP contribution >= 0.6 is 0 Å². The molecule has 2 aromatic heterocycles. The first kappa shape index (κ1) is 13.4. The van der Waals surface area contributed by atoms with Crippen LogP contribution in [0.4, 0.5) is 0 Å². The monoisotopic (exact) mass is 296 g/mol. The molecule has 1 aliphatic rings. The van der Waals surface area contributed by atoms with Crippen LogP contribution in [-0.2, 0) is 10.0 Å². The number of furan rings is 1. The fourth-order valence-electron chi connectivity index (χ4n) is 2.67. The van der Waals surface area contributed by atoms with Crippen molar-refractivity contribution in [3.05, 3.63) is 35.6 Å². The molecule has 0 aromatic carbocycles. The van der Waals surface area contributed by atoms with Crippen molar-refractivity contribution < 1.29 is 17.4 Å². The Morgan fingerprint density at radius 2 is 2.20 bits per heavy atom. The highest BCUT2D eigenvalue weighted by Crippen LogP contribution is 2.32. The number of aryl methyl sites for hydroxylation is 2. The van der Waals surface area contributed by atoms with Crippen LogP contribution in [0.1, 0.15) is 29.6 Å². The van der Waals surface area contributed by atoms with Gasteiger partial charge in [-0.05, 0) is 32.4 Å². The third-order valence-corrected chi connectivity index (χ3v) is 5.77. The fourth-order valence-corrected chi connectivity index (χ4v) is 4.47. The molecule has 0 amide bonds. The zero-order chi connectivity index (χ0) is 14.3. The lowest BCUT2D eigenvalue weighted by Crippen LogP contribution is -2.29. The largest absolute Gasteiger partial charge is 0.469 e. The van der Waals surface area contributed by atoms with Gasteiger partial charge in [0.1, 0.15) is 16.3 Å².